The number of hydrogen-bond donors (Lipinski definition) is 1. The molecular weight excluding hydrogens is 250 g/mol. The van der Waals surface area contributed by atoms with Gasteiger partial charge in [-0.05, 0) is 25.2 Å². The molecule has 3 heteroatoms. The van der Waals surface area contributed by atoms with E-state index in [0.717, 1.165) is 39.1 Å². The van der Waals surface area contributed by atoms with Crippen molar-refractivity contribution in [2.24, 2.45) is 11.7 Å². The van der Waals surface area contributed by atoms with Crippen LogP contribution in [0.25, 0.3) is 0 Å². The molecule has 2 rings (SSSR count). The van der Waals surface area contributed by atoms with Gasteiger partial charge in [0.05, 0.1) is 12.2 Å². The Morgan fingerprint density at radius 1 is 1.15 bits per heavy atom. The Morgan fingerprint density at radius 3 is 2.70 bits per heavy atom. The van der Waals surface area contributed by atoms with Gasteiger partial charge in [-0.25, -0.2) is 0 Å². The Balaban J connectivity index is 1.63. The number of nitrogens with two attached hydrogens (primary N) is 1. The highest BCUT2D eigenvalue weighted by molar-refractivity contribution is 4.92. The first kappa shape index (κ1) is 16.3. The quantitative estimate of drug-likeness (QED) is 0.692. The molecular formula is C17H33NO2. The standard InChI is InChI=1S/C17H33NO2/c1-2-3-4-5-6-7-8-16(18)15-9-11-20-17(13-15)10-12-19-14-17/h15-16H,2-14,18H2,1H3. The summed E-state index contributed by atoms with van der Waals surface area (Å²) in [5, 5.41) is 0. The summed E-state index contributed by atoms with van der Waals surface area (Å²) in [5.41, 5.74) is 6.46. The normalized spacial score (nSPS) is 31.8. The van der Waals surface area contributed by atoms with Crippen LogP contribution >= 0.6 is 0 Å². The van der Waals surface area contributed by atoms with Crippen LogP contribution in [0, 0.1) is 5.92 Å². The summed E-state index contributed by atoms with van der Waals surface area (Å²) < 4.78 is 11.5. The van der Waals surface area contributed by atoms with Crippen molar-refractivity contribution in [3.63, 3.8) is 0 Å². The maximum absolute atomic E-state index is 6.44. The van der Waals surface area contributed by atoms with Gasteiger partial charge in [-0.1, -0.05) is 45.4 Å². The molecule has 2 heterocycles. The maximum atomic E-state index is 6.44. The maximum Gasteiger partial charge on any atom is 0.0939 e. The monoisotopic (exact) mass is 283 g/mol. The molecule has 0 amide bonds. The minimum absolute atomic E-state index is 0.0155. The number of unbranched alkanes of at least 4 members (excludes halogenated alkanes) is 5. The fourth-order valence-corrected chi connectivity index (χ4v) is 3.69. The lowest BCUT2D eigenvalue weighted by Crippen LogP contribution is -2.45. The summed E-state index contributed by atoms with van der Waals surface area (Å²) in [6.07, 6.45) is 12.6. The van der Waals surface area contributed by atoms with Crippen molar-refractivity contribution in [3.8, 4) is 0 Å². The first-order valence-corrected chi connectivity index (χ1v) is 8.73. The van der Waals surface area contributed by atoms with Crippen molar-refractivity contribution in [2.75, 3.05) is 19.8 Å². The molecule has 20 heavy (non-hydrogen) atoms. The third-order valence-electron chi connectivity index (χ3n) is 5.09. The molecule has 2 saturated heterocycles. The van der Waals surface area contributed by atoms with Crippen LogP contribution in [0.1, 0.15) is 71.1 Å². The topological polar surface area (TPSA) is 44.5 Å². The largest absolute Gasteiger partial charge is 0.378 e. The van der Waals surface area contributed by atoms with Gasteiger partial charge in [-0.3, -0.25) is 0 Å². The highest BCUT2D eigenvalue weighted by Gasteiger charge is 2.42. The summed E-state index contributed by atoms with van der Waals surface area (Å²) in [5.74, 6) is 0.640. The van der Waals surface area contributed by atoms with Gasteiger partial charge in [0.2, 0.25) is 0 Å². The molecule has 0 aromatic heterocycles. The van der Waals surface area contributed by atoms with Crippen molar-refractivity contribution in [3.05, 3.63) is 0 Å². The zero-order chi connectivity index (χ0) is 14.3. The van der Waals surface area contributed by atoms with Crippen LogP contribution in [-0.2, 0) is 9.47 Å². The van der Waals surface area contributed by atoms with Gasteiger partial charge < -0.3 is 15.2 Å². The molecule has 2 fully saturated rings. The van der Waals surface area contributed by atoms with E-state index in [1.54, 1.807) is 0 Å². The van der Waals surface area contributed by atoms with Crippen LogP contribution in [0.3, 0.4) is 0 Å². The molecule has 0 saturated carbocycles. The molecule has 2 aliphatic heterocycles. The lowest BCUT2D eigenvalue weighted by Gasteiger charge is -2.39. The second kappa shape index (κ2) is 8.35. The zero-order valence-corrected chi connectivity index (χ0v) is 13.2. The Labute approximate surface area is 124 Å². The fourth-order valence-electron chi connectivity index (χ4n) is 3.69. The molecule has 118 valence electrons. The third kappa shape index (κ3) is 4.71. The van der Waals surface area contributed by atoms with Crippen molar-refractivity contribution < 1.29 is 9.47 Å². The van der Waals surface area contributed by atoms with E-state index in [9.17, 15) is 0 Å². The zero-order valence-electron chi connectivity index (χ0n) is 13.2. The minimum atomic E-state index is 0.0155. The highest BCUT2D eigenvalue weighted by atomic mass is 16.6. The molecule has 0 aromatic carbocycles. The van der Waals surface area contributed by atoms with Gasteiger partial charge in [0.25, 0.3) is 0 Å². The third-order valence-corrected chi connectivity index (χ3v) is 5.09. The van der Waals surface area contributed by atoms with Gasteiger partial charge in [-0.15, -0.1) is 0 Å². The van der Waals surface area contributed by atoms with E-state index in [2.05, 4.69) is 6.92 Å². The first-order chi connectivity index (χ1) is 9.76. The molecule has 0 radical (unpaired) electrons. The van der Waals surface area contributed by atoms with E-state index >= 15 is 0 Å². The first-order valence-electron chi connectivity index (χ1n) is 8.73. The molecule has 3 unspecified atom stereocenters. The van der Waals surface area contributed by atoms with Crippen molar-refractivity contribution in [2.45, 2.75) is 82.8 Å². The number of hydrogen-bond acceptors (Lipinski definition) is 3. The molecule has 2 N–H and O–H groups in total. The highest BCUT2D eigenvalue weighted by Crippen LogP contribution is 2.37. The van der Waals surface area contributed by atoms with Crippen molar-refractivity contribution in [1.82, 2.24) is 0 Å². The fraction of sp³-hybridized carbons (Fsp3) is 1.00. The molecule has 0 aromatic rings. The van der Waals surface area contributed by atoms with Crippen molar-refractivity contribution in [1.29, 1.82) is 0 Å². The number of rotatable bonds is 8. The van der Waals surface area contributed by atoms with Gasteiger partial charge in [0.1, 0.15) is 0 Å². The van der Waals surface area contributed by atoms with E-state index in [1.165, 1.54) is 44.9 Å². The average molecular weight is 283 g/mol. The second-order valence-corrected chi connectivity index (χ2v) is 6.81. The molecule has 0 aliphatic carbocycles. The lowest BCUT2D eigenvalue weighted by molar-refractivity contribution is -0.101. The van der Waals surface area contributed by atoms with Gasteiger partial charge in [0.15, 0.2) is 0 Å². The summed E-state index contributed by atoms with van der Waals surface area (Å²) in [6.45, 7) is 4.79. The molecule has 3 atom stereocenters. The van der Waals surface area contributed by atoms with Crippen LogP contribution in [0.5, 0.6) is 0 Å². The number of ether oxygens (including phenoxy) is 2. The van der Waals surface area contributed by atoms with Crippen LogP contribution in [0.4, 0.5) is 0 Å². The molecule has 1 spiro atoms. The summed E-state index contributed by atoms with van der Waals surface area (Å²) >= 11 is 0. The second-order valence-electron chi connectivity index (χ2n) is 6.81. The van der Waals surface area contributed by atoms with Crippen molar-refractivity contribution >= 4 is 0 Å². The minimum Gasteiger partial charge on any atom is -0.378 e. The Morgan fingerprint density at radius 2 is 1.95 bits per heavy atom. The van der Waals surface area contributed by atoms with Gasteiger partial charge in [-0.2, -0.15) is 0 Å². The predicted molar refractivity (Wildman–Crippen MR) is 82.8 cm³/mol. The lowest BCUT2D eigenvalue weighted by atomic mass is 9.80. The predicted octanol–water partition coefficient (Wildman–Crippen LogP) is 3.65. The molecule has 2 aliphatic rings. The van der Waals surface area contributed by atoms with Crippen LogP contribution < -0.4 is 5.73 Å². The van der Waals surface area contributed by atoms with E-state index in [-0.39, 0.29) is 5.60 Å². The summed E-state index contributed by atoms with van der Waals surface area (Å²) in [7, 11) is 0. The Kier molecular flexibility index (Phi) is 6.79. The van der Waals surface area contributed by atoms with Crippen LogP contribution in [0.15, 0.2) is 0 Å². The van der Waals surface area contributed by atoms with E-state index < -0.39 is 0 Å². The van der Waals surface area contributed by atoms with E-state index in [1.807, 2.05) is 0 Å². The van der Waals surface area contributed by atoms with Gasteiger partial charge in [0, 0.05) is 25.7 Å². The van der Waals surface area contributed by atoms with Crippen LogP contribution in [-0.4, -0.2) is 31.5 Å². The summed E-state index contributed by atoms with van der Waals surface area (Å²) in [4.78, 5) is 0. The Hall–Kier alpha value is -0.120. The van der Waals surface area contributed by atoms with Gasteiger partial charge >= 0.3 is 0 Å². The van der Waals surface area contributed by atoms with E-state index in [4.69, 9.17) is 15.2 Å². The SMILES string of the molecule is CCCCCCCCC(N)C1CCOC2(CCOC2)C1. The van der Waals surface area contributed by atoms with Crippen LogP contribution in [0.2, 0.25) is 0 Å². The summed E-state index contributed by atoms with van der Waals surface area (Å²) in [6, 6.07) is 0.363. The Bertz CT molecular complexity index is 264. The molecule has 3 nitrogen and oxygen atoms in total. The van der Waals surface area contributed by atoms with E-state index in [0.29, 0.717) is 12.0 Å². The molecule has 0 bridgehead atoms. The average Bonchev–Trinajstić information content (AvgIpc) is 2.90. The smallest absolute Gasteiger partial charge is 0.0939 e.